The Morgan fingerprint density at radius 3 is 2.17 bits per heavy atom. The van der Waals surface area contributed by atoms with Gasteiger partial charge in [-0.05, 0) is 48.9 Å². The van der Waals surface area contributed by atoms with E-state index in [9.17, 15) is 9.59 Å². The highest BCUT2D eigenvalue weighted by Crippen LogP contribution is 2.27. The zero-order valence-corrected chi connectivity index (χ0v) is 22.0. The molecule has 0 saturated carbocycles. The molecule has 3 rings (SSSR count). The van der Waals surface area contributed by atoms with Crippen molar-refractivity contribution in [2.75, 3.05) is 79.5 Å². The highest BCUT2D eigenvalue weighted by Gasteiger charge is 2.25. The van der Waals surface area contributed by atoms with Gasteiger partial charge in [-0.2, -0.15) is 0 Å². The van der Waals surface area contributed by atoms with Crippen LogP contribution in [-0.4, -0.2) is 96.2 Å². The molecule has 9 heteroatoms. The number of ether oxygens (including phenoxy) is 2. The fraction of sp³-hybridized carbons (Fsp3) is 0.481. The third kappa shape index (κ3) is 7.35. The number of benzene rings is 2. The van der Waals surface area contributed by atoms with Crippen LogP contribution in [0.25, 0.3) is 0 Å². The molecule has 0 bridgehead atoms. The van der Waals surface area contributed by atoms with Crippen molar-refractivity contribution in [3.05, 3.63) is 53.6 Å². The molecule has 196 valence electrons. The number of piperazine rings is 1. The van der Waals surface area contributed by atoms with Gasteiger partial charge in [0.15, 0.2) is 11.5 Å². The van der Waals surface area contributed by atoms with Gasteiger partial charge >= 0.3 is 11.8 Å². The number of carbonyl (C=O) groups excluding carboxylic acids is 2. The summed E-state index contributed by atoms with van der Waals surface area (Å²) in [5, 5.41) is 5.57. The highest BCUT2D eigenvalue weighted by atomic mass is 16.5. The van der Waals surface area contributed by atoms with E-state index in [1.165, 1.54) is 0 Å². The van der Waals surface area contributed by atoms with Crippen molar-refractivity contribution >= 4 is 17.5 Å². The van der Waals surface area contributed by atoms with Crippen LogP contribution in [0.5, 0.6) is 11.5 Å². The number of amides is 2. The third-order valence-corrected chi connectivity index (χ3v) is 6.58. The molecule has 2 N–H and O–H groups in total. The number of rotatable bonds is 10. The lowest BCUT2D eigenvalue weighted by molar-refractivity contribution is -0.139. The van der Waals surface area contributed by atoms with Crippen LogP contribution in [0, 0.1) is 0 Å². The van der Waals surface area contributed by atoms with Gasteiger partial charge in [0.2, 0.25) is 0 Å². The van der Waals surface area contributed by atoms with E-state index < -0.39 is 11.8 Å². The molecule has 0 aromatic heterocycles. The first-order valence-corrected chi connectivity index (χ1v) is 12.3. The molecule has 0 aliphatic carbocycles. The lowest BCUT2D eigenvalue weighted by atomic mass is 10.0. The van der Waals surface area contributed by atoms with E-state index in [0.717, 1.165) is 43.0 Å². The second-order valence-corrected chi connectivity index (χ2v) is 9.25. The number of methoxy groups -OCH3 is 2. The summed E-state index contributed by atoms with van der Waals surface area (Å²) in [7, 11) is 9.31. The van der Waals surface area contributed by atoms with Crippen molar-refractivity contribution < 1.29 is 19.1 Å². The van der Waals surface area contributed by atoms with Gasteiger partial charge in [-0.1, -0.05) is 18.2 Å². The van der Waals surface area contributed by atoms with Crippen molar-refractivity contribution in [1.29, 1.82) is 0 Å². The van der Waals surface area contributed by atoms with Crippen LogP contribution in [0.4, 0.5) is 5.69 Å². The zero-order chi connectivity index (χ0) is 26.1. The van der Waals surface area contributed by atoms with Crippen LogP contribution in [0.15, 0.2) is 42.5 Å². The molecule has 1 aliphatic heterocycles. The largest absolute Gasteiger partial charge is 0.493 e. The van der Waals surface area contributed by atoms with Gasteiger partial charge in [0.05, 0.1) is 20.3 Å². The second-order valence-electron chi connectivity index (χ2n) is 9.25. The smallest absolute Gasteiger partial charge is 0.309 e. The summed E-state index contributed by atoms with van der Waals surface area (Å²) in [6, 6.07) is 14.0. The number of carbonyl (C=O) groups is 2. The number of nitrogens with zero attached hydrogens (tertiary/aromatic N) is 3. The van der Waals surface area contributed by atoms with Crippen molar-refractivity contribution in [2.45, 2.75) is 12.5 Å². The van der Waals surface area contributed by atoms with E-state index in [4.69, 9.17) is 9.47 Å². The number of likely N-dealkylation sites (N-methyl/N-ethyl adjacent to an activating group) is 1. The summed E-state index contributed by atoms with van der Waals surface area (Å²) in [4.78, 5) is 31.8. The Bertz CT molecular complexity index is 1000. The van der Waals surface area contributed by atoms with E-state index in [1.54, 1.807) is 14.2 Å². The fourth-order valence-corrected chi connectivity index (χ4v) is 4.29. The van der Waals surface area contributed by atoms with E-state index in [-0.39, 0.29) is 6.04 Å². The van der Waals surface area contributed by atoms with Crippen molar-refractivity contribution in [1.82, 2.24) is 20.4 Å². The molecule has 1 unspecified atom stereocenters. The predicted molar refractivity (Wildman–Crippen MR) is 142 cm³/mol. The lowest BCUT2D eigenvalue weighted by Crippen LogP contribution is -2.49. The third-order valence-electron chi connectivity index (χ3n) is 6.58. The first-order valence-electron chi connectivity index (χ1n) is 12.3. The lowest BCUT2D eigenvalue weighted by Gasteiger charge is -2.38. The van der Waals surface area contributed by atoms with Crippen LogP contribution in [0.3, 0.4) is 0 Å². The van der Waals surface area contributed by atoms with E-state index >= 15 is 0 Å². The van der Waals surface area contributed by atoms with Crippen molar-refractivity contribution in [3.8, 4) is 11.5 Å². The summed E-state index contributed by atoms with van der Waals surface area (Å²) >= 11 is 0. The molecule has 9 nitrogen and oxygen atoms in total. The van der Waals surface area contributed by atoms with Gasteiger partial charge in [-0.3, -0.25) is 14.5 Å². The molecule has 1 saturated heterocycles. The molecule has 1 atom stereocenters. The maximum absolute atomic E-state index is 12.6. The summed E-state index contributed by atoms with van der Waals surface area (Å²) in [5.41, 5.74) is 3.22. The molecule has 2 aromatic carbocycles. The van der Waals surface area contributed by atoms with Crippen molar-refractivity contribution in [2.24, 2.45) is 0 Å². The molecule has 0 radical (unpaired) electrons. The molecular formula is C27H39N5O4. The van der Waals surface area contributed by atoms with Gasteiger partial charge in [-0.15, -0.1) is 0 Å². The quantitative estimate of drug-likeness (QED) is 0.482. The van der Waals surface area contributed by atoms with Gasteiger partial charge in [0.25, 0.3) is 0 Å². The molecule has 1 heterocycles. The van der Waals surface area contributed by atoms with Gasteiger partial charge in [0.1, 0.15) is 0 Å². The Morgan fingerprint density at radius 1 is 0.917 bits per heavy atom. The van der Waals surface area contributed by atoms with Crippen LogP contribution < -0.4 is 25.0 Å². The van der Waals surface area contributed by atoms with Crippen molar-refractivity contribution in [3.63, 3.8) is 0 Å². The topological polar surface area (TPSA) is 86.4 Å². The maximum atomic E-state index is 12.6. The summed E-state index contributed by atoms with van der Waals surface area (Å²) in [6.45, 7) is 4.46. The normalized spacial score (nSPS) is 15.1. The second kappa shape index (κ2) is 13.1. The molecule has 1 fully saturated rings. The Morgan fingerprint density at radius 2 is 1.56 bits per heavy atom. The van der Waals surface area contributed by atoms with E-state index in [2.05, 4.69) is 56.6 Å². The fourth-order valence-electron chi connectivity index (χ4n) is 4.29. The minimum absolute atomic E-state index is 0.00146. The summed E-state index contributed by atoms with van der Waals surface area (Å²) in [6.07, 6.45) is 0.571. The minimum atomic E-state index is -0.629. The zero-order valence-electron chi connectivity index (χ0n) is 22.0. The van der Waals surface area contributed by atoms with E-state index in [0.29, 0.717) is 31.0 Å². The molecular weight excluding hydrogens is 458 g/mol. The minimum Gasteiger partial charge on any atom is -0.493 e. The van der Waals surface area contributed by atoms with E-state index in [1.807, 2.05) is 32.3 Å². The van der Waals surface area contributed by atoms with Gasteiger partial charge in [0, 0.05) is 59.1 Å². The number of hydrogen-bond donors (Lipinski definition) is 2. The molecule has 1 aliphatic rings. The van der Waals surface area contributed by atoms with Gasteiger partial charge < -0.3 is 29.9 Å². The summed E-state index contributed by atoms with van der Waals surface area (Å²) in [5.74, 6) is 0.0328. The van der Waals surface area contributed by atoms with Crippen LogP contribution >= 0.6 is 0 Å². The number of nitrogens with one attached hydrogen (secondary N) is 2. The Balaban J connectivity index is 1.56. The average Bonchev–Trinajstić information content (AvgIpc) is 2.89. The molecule has 2 amide bonds. The number of hydrogen-bond acceptors (Lipinski definition) is 7. The predicted octanol–water partition coefficient (Wildman–Crippen LogP) is 1.53. The maximum Gasteiger partial charge on any atom is 0.309 e. The first-order chi connectivity index (χ1) is 17.3. The molecule has 2 aromatic rings. The Hall–Kier alpha value is -3.30. The summed E-state index contributed by atoms with van der Waals surface area (Å²) < 4.78 is 10.6. The van der Waals surface area contributed by atoms with Crippen LogP contribution in [-0.2, 0) is 16.0 Å². The van der Waals surface area contributed by atoms with Crippen LogP contribution in [0.2, 0.25) is 0 Å². The molecule has 0 spiro atoms. The standard InChI is InChI=1S/C27H39N5O4/c1-30(2)22-9-7-21(8-10-22)23(32-16-14-31(3)15-17-32)19-29-27(34)26(33)28-13-12-20-6-11-24(35-4)25(18-20)36-5/h6-11,18,23H,12-17,19H2,1-5H3,(H,28,33)(H,29,34). The monoisotopic (exact) mass is 497 g/mol. The number of anilines is 1. The van der Waals surface area contributed by atoms with Crippen LogP contribution in [0.1, 0.15) is 17.2 Å². The highest BCUT2D eigenvalue weighted by molar-refractivity contribution is 6.35. The molecule has 36 heavy (non-hydrogen) atoms. The Labute approximate surface area is 214 Å². The van der Waals surface area contributed by atoms with Gasteiger partial charge in [-0.25, -0.2) is 0 Å². The first kappa shape index (κ1) is 27.3. The Kier molecular flexibility index (Phi) is 9.95. The average molecular weight is 498 g/mol. The SMILES string of the molecule is COc1ccc(CCNC(=O)C(=O)NCC(c2ccc(N(C)C)cc2)N2CCN(C)CC2)cc1OC.